The molecule has 2 rings (SSSR count). The Morgan fingerprint density at radius 1 is 1.53 bits per heavy atom. The average Bonchev–Trinajstić information content (AvgIpc) is 2.70. The Labute approximate surface area is 103 Å². The molecule has 4 nitrogen and oxygen atoms in total. The van der Waals surface area contributed by atoms with Crippen LogP contribution < -0.4 is 5.48 Å². The lowest BCUT2D eigenvalue weighted by Gasteiger charge is -2.02. The Morgan fingerprint density at radius 2 is 2.24 bits per heavy atom. The number of H-pyrrole nitrogens is 1. The van der Waals surface area contributed by atoms with Gasteiger partial charge in [-0.2, -0.15) is 0 Å². The number of fused-ring (bicyclic) bond motifs is 1. The number of aromatic nitrogens is 1. The topological polar surface area (TPSA) is 54.1 Å². The monoisotopic (exact) mass is 304 g/mol. The van der Waals surface area contributed by atoms with E-state index in [0.717, 1.165) is 6.07 Å². The van der Waals surface area contributed by atoms with Gasteiger partial charge in [-0.3, -0.25) is 9.63 Å². The van der Waals surface area contributed by atoms with Crippen LogP contribution in [0.25, 0.3) is 10.9 Å². The Balaban J connectivity index is 2.68. The van der Waals surface area contributed by atoms with Crippen molar-refractivity contribution in [2.24, 2.45) is 0 Å². The van der Waals surface area contributed by atoms with Crippen LogP contribution in [0.4, 0.5) is 8.78 Å². The van der Waals surface area contributed by atoms with Crippen molar-refractivity contribution < 1.29 is 18.4 Å². The van der Waals surface area contributed by atoms with Crippen LogP contribution in [0.5, 0.6) is 0 Å². The van der Waals surface area contributed by atoms with Crippen molar-refractivity contribution in [1.82, 2.24) is 10.5 Å². The molecule has 90 valence electrons. The van der Waals surface area contributed by atoms with E-state index in [9.17, 15) is 13.6 Å². The maximum absolute atomic E-state index is 13.8. The van der Waals surface area contributed by atoms with Crippen LogP contribution in [0.3, 0.4) is 0 Å². The molecular formula is C10H7BrF2N2O2. The molecule has 0 spiro atoms. The minimum absolute atomic E-state index is 0.00725. The normalized spacial score (nSPS) is 10.8. The summed E-state index contributed by atoms with van der Waals surface area (Å²) in [7, 11) is 1.26. The standard InChI is InChI=1S/C10H7BrF2N2O2/c1-17-15-10(16)4-3-14-6-2-5(12)8(11)9(13)7(4)6/h2-3,14H,1H3,(H,15,16). The molecule has 7 heteroatoms. The molecule has 1 heterocycles. The van der Waals surface area contributed by atoms with Gasteiger partial charge in [-0.1, -0.05) is 0 Å². The van der Waals surface area contributed by atoms with Crippen molar-refractivity contribution in [3.05, 3.63) is 33.9 Å². The molecule has 2 aromatic rings. The number of hydrogen-bond donors (Lipinski definition) is 2. The molecule has 0 fully saturated rings. The first-order valence-corrected chi connectivity index (χ1v) is 5.33. The fourth-order valence-electron chi connectivity index (χ4n) is 1.52. The van der Waals surface area contributed by atoms with Crippen LogP contribution in [0, 0.1) is 11.6 Å². The van der Waals surface area contributed by atoms with Gasteiger partial charge < -0.3 is 4.98 Å². The number of amides is 1. The lowest BCUT2D eigenvalue weighted by Crippen LogP contribution is -2.21. The van der Waals surface area contributed by atoms with Gasteiger partial charge in [-0.05, 0) is 22.0 Å². The van der Waals surface area contributed by atoms with Gasteiger partial charge in [0.15, 0.2) is 5.82 Å². The maximum Gasteiger partial charge on any atom is 0.277 e. The molecule has 0 unspecified atom stereocenters. The van der Waals surface area contributed by atoms with E-state index in [4.69, 9.17) is 0 Å². The number of rotatable bonds is 2. The fourth-order valence-corrected chi connectivity index (χ4v) is 1.83. The van der Waals surface area contributed by atoms with Crippen molar-refractivity contribution >= 4 is 32.7 Å². The van der Waals surface area contributed by atoms with Gasteiger partial charge in [0.1, 0.15) is 5.82 Å². The number of carbonyl (C=O) groups excluding carboxylic acids is 1. The molecule has 17 heavy (non-hydrogen) atoms. The predicted molar refractivity (Wildman–Crippen MR) is 60.4 cm³/mol. The summed E-state index contributed by atoms with van der Waals surface area (Å²) < 4.78 is 26.8. The van der Waals surface area contributed by atoms with E-state index >= 15 is 0 Å². The number of halogens is 3. The minimum atomic E-state index is -0.831. The second kappa shape index (κ2) is 4.42. The Bertz CT molecular complexity index is 597. The molecule has 1 aromatic carbocycles. The third-order valence-corrected chi connectivity index (χ3v) is 2.97. The van der Waals surface area contributed by atoms with Crippen LogP contribution in [0.15, 0.2) is 16.7 Å². The summed E-state index contributed by atoms with van der Waals surface area (Å²) in [6.07, 6.45) is 1.29. The highest BCUT2D eigenvalue weighted by Gasteiger charge is 2.19. The van der Waals surface area contributed by atoms with Crippen LogP contribution in [0.2, 0.25) is 0 Å². The highest BCUT2D eigenvalue weighted by molar-refractivity contribution is 9.10. The summed E-state index contributed by atoms with van der Waals surface area (Å²) in [5.41, 5.74) is 2.31. The Kier molecular flexibility index (Phi) is 3.12. The van der Waals surface area contributed by atoms with Gasteiger partial charge in [-0.25, -0.2) is 14.3 Å². The quantitative estimate of drug-likeness (QED) is 0.661. The SMILES string of the molecule is CONC(=O)c1c[nH]c2cc(F)c(Br)c(F)c12. The number of hydroxylamine groups is 1. The summed E-state index contributed by atoms with van der Waals surface area (Å²) in [6.45, 7) is 0. The molecule has 0 saturated carbocycles. The van der Waals surface area contributed by atoms with Gasteiger partial charge in [0.25, 0.3) is 5.91 Å². The van der Waals surface area contributed by atoms with Crippen molar-refractivity contribution in [2.45, 2.75) is 0 Å². The maximum atomic E-state index is 13.8. The lowest BCUT2D eigenvalue weighted by molar-refractivity contribution is 0.0539. The summed E-state index contributed by atoms with van der Waals surface area (Å²) in [5, 5.41) is 0.00725. The fraction of sp³-hybridized carbons (Fsp3) is 0.100. The number of nitrogens with one attached hydrogen (secondary N) is 2. The molecule has 0 saturated heterocycles. The largest absolute Gasteiger partial charge is 0.360 e. The smallest absolute Gasteiger partial charge is 0.277 e. The van der Waals surface area contributed by atoms with E-state index in [0.29, 0.717) is 0 Å². The molecule has 0 aliphatic carbocycles. The summed E-state index contributed by atoms with van der Waals surface area (Å²) >= 11 is 2.78. The zero-order valence-corrected chi connectivity index (χ0v) is 10.2. The van der Waals surface area contributed by atoms with Crippen molar-refractivity contribution in [1.29, 1.82) is 0 Å². The summed E-state index contributed by atoms with van der Waals surface area (Å²) in [4.78, 5) is 18.6. The first-order valence-electron chi connectivity index (χ1n) is 4.54. The molecule has 0 radical (unpaired) electrons. The van der Waals surface area contributed by atoms with E-state index in [2.05, 4.69) is 31.2 Å². The third kappa shape index (κ3) is 1.91. The summed E-state index contributed by atoms with van der Waals surface area (Å²) in [6, 6.07) is 1.10. The molecule has 1 aromatic heterocycles. The molecule has 2 N–H and O–H groups in total. The summed E-state index contributed by atoms with van der Waals surface area (Å²) in [5.74, 6) is -2.19. The molecule has 0 aliphatic rings. The third-order valence-electron chi connectivity index (χ3n) is 2.24. The molecule has 0 bridgehead atoms. The van der Waals surface area contributed by atoms with Gasteiger partial charge in [0.05, 0.1) is 22.7 Å². The number of hydrogen-bond acceptors (Lipinski definition) is 2. The minimum Gasteiger partial charge on any atom is -0.360 e. The van der Waals surface area contributed by atoms with Crippen LogP contribution in [-0.2, 0) is 4.84 Å². The van der Waals surface area contributed by atoms with Gasteiger partial charge >= 0.3 is 0 Å². The van der Waals surface area contributed by atoms with Gasteiger partial charge in [0.2, 0.25) is 0 Å². The van der Waals surface area contributed by atoms with Crippen LogP contribution >= 0.6 is 15.9 Å². The van der Waals surface area contributed by atoms with E-state index < -0.39 is 17.5 Å². The van der Waals surface area contributed by atoms with Crippen LogP contribution in [-0.4, -0.2) is 18.0 Å². The zero-order chi connectivity index (χ0) is 12.6. The highest BCUT2D eigenvalue weighted by Crippen LogP contribution is 2.29. The average molecular weight is 305 g/mol. The van der Waals surface area contributed by atoms with E-state index in [1.807, 2.05) is 0 Å². The molecule has 0 atom stereocenters. The molecule has 1 amide bonds. The van der Waals surface area contributed by atoms with Crippen molar-refractivity contribution in [2.75, 3.05) is 7.11 Å². The second-order valence-corrected chi connectivity index (χ2v) is 4.04. The predicted octanol–water partition coefficient (Wildman–Crippen LogP) is 2.50. The first kappa shape index (κ1) is 12.0. The molecular weight excluding hydrogens is 298 g/mol. The highest BCUT2D eigenvalue weighted by atomic mass is 79.9. The van der Waals surface area contributed by atoms with Gasteiger partial charge in [0, 0.05) is 11.6 Å². The Hall–Kier alpha value is -1.47. The van der Waals surface area contributed by atoms with E-state index in [1.54, 1.807) is 0 Å². The van der Waals surface area contributed by atoms with Crippen molar-refractivity contribution in [3.63, 3.8) is 0 Å². The van der Waals surface area contributed by atoms with Gasteiger partial charge in [-0.15, -0.1) is 0 Å². The number of aromatic amines is 1. The molecule has 0 aliphatic heterocycles. The first-order chi connectivity index (χ1) is 8.06. The Morgan fingerprint density at radius 3 is 2.88 bits per heavy atom. The second-order valence-electron chi connectivity index (χ2n) is 3.25. The van der Waals surface area contributed by atoms with Crippen LogP contribution in [0.1, 0.15) is 10.4 Å². The number of benzene rings is 1. The zero-order valence-electron chi connectivity index (χ0n) is 8.61. The number of carbonyl (C=O) groups is 1. The van der Waals surface area contributed by atoms with Crippen molar-refractivity contribution in [3.8, 4) is 0 Å². The van der Waals surface area contributed by atoms with E-state index in [-0.39, 0.29) is 20.9 Å². The van der Waals surface area contributed by atoms with E-state index in [1.165, 1.54) is 13.3 Å². The lowest BCUT2D eigenvalue weighted by atomic mass is 10.1.